The Kier molecular flexibility index (Phi) is 6.66. The summed E-state index contributed by atoms with van der Waals surface area (Å²) in [5, 5.41) is 0. The largest absolute Gasteiger partial charge is 0.330 e. The van der Waals surface area contributed by atoms with Crippen molar-refractivity contribution in [3.05, 3.63) is 0 Å². The molecule has 0 aromatic heterocycles. The van der Waals surface area contributed by atoms with E-state index in [0.717, 1.165) is 24.5 Å². The van der Waals surface area contributed by atoms with Crippen LogP contribution in [0.2, 0.25) is 0 Å². The van der Waals surface area contributed by atoms with E-state index in [2.05, 4.69) is 11.8 Å². The molecule has 2 heteroatoms. The molecule has 2 saturated carbocycles. The third-order valence-corrected chi connectivity index (χ3v) is 5.53. The third kappa shape index (κ3) is 4.46. The van der Waals surface area contributed by atoms with E-state index in [1.807, 2.05) is 0 Å². The molecule has 0 radical (unpaired) electrons. The van der Waals surface area contributed by atoms with Crippen molar-refractivity contribution in [2.45, 2.75) is 89.6 Å². The number of nitrogens with two attached hydrogens (primary N) is 1. The van der Waals surface area contributed by atoms with Crippen LogP contribution < -0.4 is 5.73 Å². The fourth-order valence-electron chi connectivity index (χ4n) is 4.23. The Balaban J connectivity index is 1.88. The molecule has 2 rings (SSSR count). The summed E-state index contributed by atoms with van der Waals surface area (Å²) in [6, 6.07) is 1.75. The molecule has 0 saturated heterocycles. The zero-order valence-corrected chi connectivity index (χ0v) is 12.9. The molecule has 0 atom stereocenters. The number of hydrogen-bond donors (Lipinski definition) is 1. The summed E-state index contributed by atoms with van der Waals surface area (Å²) in [5.41, 5.74) is 5.75. The average Bonchev–Trinajstić information content (AvgIpc) is 2.49. The van der Waals surface area contributed by atoms with E-state index in [0.29, 0.717) is 0 Å². The van der Waals surface area contributed by atoms with Crippen LogP contribution in [-0.2, 0) is 0 Å². The van der Waals surface area contributed by atoms with Gasteiger partial charge in [0.2, 0.25) is 0 Å². The molecule has 112 valence electrons. The Labute approximate surface area is 120 Å². The predicted octanol–water partition coefficient (Wildman–Crippen LogP) is 3.94. The lowest BCUT2D eigenvalue weighted by atomic mass is 9.82. The summed E-state index contributed by atoms with van der Waals surface area (Å²) in [6.45, 7) is 4.47. The minimum absolute atomic E-state index is 0.855. The molecule has 0 aromatic carbocycles. The highest BCUT2D eigenvalue weighted by atomic mass is 15.2. The van der Waals surface area contributed by atoms with E-state index in [4.69, 9.17) is 5.73 Å². The minimum atomic E-state index is 0.855. The van der Waals surface area contributed by atoms with Crippen molar-refractivity contribution in [2.24, 2.45) is 11.7 Å². The standard InChI is InChI=1S/C17H34N2/c1-2-15-9-11-17(12-10-15)19(14-6-13-18)16-7-4-3-5-8-16/h15-17H,2-14,18H2,1H3. The molecule has 0 bridgehead atoms. The predicted molar refractivity (Wildman–Crippen MR) is 83.3 cm³/mol. The fraction of sp³-hybridized carbons (Fsp3) is 1.00. The molecule has 2 nitrogen and oxygen atoms in total. The zero-order valence-electron chi connectivity index (χ0n) is 12.9. The van der Waals surface area contributed by atoms with Crippen molar-refractivity contribution in [2.75, 3.05) is 13.1 Å². The first-order valence-corrected chi connectivity index (χ1v) is 8.81. The van der Waals surface area contributed by atoms with E-state index in [9.17, 15) is 0 Å². The molecule has 19 heavy (non-hydrogen) atoms. The SMILES string of the molecule is CCC1CCC(N(CCCN)C2CCCCC2)CC1. The maximum absolute atomic E-state index is 5.75. The number of rotatable bonds is 6. The maximum Gasteiger partial charge on any atom is 0.00984 e. The first-order chi connectivity index (χ1) is 9.35. The van der Waals surface area contributed by atoms with Gasteiger partial charge >= 0.3 is 0 Å². The number of hydrogen-bond acceptors (Lipinski definition) is 2. The summed E-state index contributed by atoms with van der Waals surface area (Å²) in [4.78, 5) is 2.87. The van der Waals surface area contributed by atoms with Gasteiger partial charge in [-0.3, -0.25) is 4.90 Å². The number of nitrogens with zero attached hydrogens (tertiary/aromatic N) is 1. The van der Waals surface area contributed by atoms with E-state index >= 15 is 0 Å². The van der Waals surface area contributed by atoms with Crippen LogP contribution in [0.4, 0.5) is 0 Å². The summed E-state index contributed by atoms with van der Waals surface area (Å²) in [6.07, 6.45) is 15.6. The van der Waals surface area contributed by atoms with Crippen LogP contribution in [0.15, 0.2) is 0 Å². The highest BCUT2D eigenvalue weighted by Gasteiger charge is 2.30. The second-order valence-electron chi connectivity index (χ2n) is 6.75. The monoisotopic (exact) mass is 266 g/mol. The van der Waals surface area contributed by atoms with Crippen molar-refractivity contribution in [1.29, 1.82) is 0 Å². The molecule has 2 N–H and O–H groups in total. The van der Waals surface area contributed by atoms with Gasteiger partial charge < -0.3 is 5.73 Å². The van der Waals surface area contributed by atoms with E-state index in [-0.39, 0.29) is 0 Å². The van der Waals surface area contributed by atoms with Crippen LogP contribution in [0.3, 0.4) is 0 Å². The Morgan fingerprint density at radius 2 is 1.53 bits per heavy atom. The van der Waals surface area contributed by atoms with Crippen molar-refractivity contribution >= 4 is 0 Å². The van der Waals surface area contributed by atoms with Crippen molar-refractivity contribution in [1.82, 2.24) is 4.90 Å². The van der Waals surface area contributed by atoms with Crippen LogP contribution >= 0.6 is 0 Å². The zero-order chi connectivity index (χ0) is 13.5. The first kappa shape index (κ1) is 15.3. The quantitative estimate of drug-likeness (QED) is 0.789. The van der Waals surface area contributed by atoms with Gasteiger partial charge in [0.1, 0.15) is 0 Å². The molecular formula is C17H34N2. The molecule has 0 heterocycles. The van der Waals surface area contributed by atoms with Gasteiger partial charge in [-0.1, -0.05) is 32.6 Å². The second-order valence-corrected chi connectivity index (χ2v) is 6.75. The molecule has 2 aliphatic rings. The van der Waals surface area contributed by atoms with Gasteiger partial charge in [0, 0.05) is 12.1 Å². The lowest BCUT2D eigenvalue weighted by Gasteiger charge is -2.43. The molecule has 0 aliphatic heterocycles. The lowest BCUT2D eigenvalue weighted by Crippen LogP contribution is -2.46. The molecule has 0 spiro atoms. The molecular weight excluding hydrogens is 232 g/mol. The normalized spacial score (nSPS) is 29.8. The highest BCUT2D eigenvalue weighted by Crippen LogP contribution is 2.33. The van der Waals surface area contributed by atoms with Crippen molar-refractivity contribution < 1.29 is 0 Å². The minimum Gasteiger partial charge on any atom is -0.330 e. The van der Waals surface area contributed by atoms with Crippen LogP contribution in [-0.4, -0.2) is 30.1 Å². The van der Waals surface area contributed by atoms with Crippen LogP contribution in [0.5, 0.6) is 0 Å². The average molecular weight is 266 g/mol. The van der Waals surface area contributed by atoms with Crippen LogP contribution in [0.1, 0.15) is 77.6 Å². The van der Waals surface area contributed by atoms with Crippen LogP contribution in [0.25, 0.3) is 0 Å². The van der Waals surface area contributed by atoms with E-state index < -0.39 is 0 Å². The Bertz CT molecular complexity index is 227. The van der Waals surface area contributed by atoms with Gasteiger partial charge in [-0.05, 0) is 64.0 Å². The summed E-state index contributed by atoms with van der Waals surface area (Å²) < 4.78 is 0. The lowest BCUT2D eigenvalue weighted by molar-refractivity contribution is 0.0694. The van der Waals surface area contributed by atoms with Crippen molar-refractivity contribution in [3.8, 4) is 0 Å². The van der Waals surface area contributed by atoms with Gasteiger partial charge in [-0.15, -0.1) is 0 Å². The first-order valence-electron chi connectivity index (χ1n) is 8.81. The van der Waals surface area contributed by atoms with Gasteiger partial charge in [0.05, 0.1) is 0 Å². The molecule has 2 aliphatic carbocycles. The van der Waals surface area contributed by atoms with Gasteiger partial charge in [-0.25, -0.2) is 0 Å². The van der Waals surface area contributed by atoms with E-state index in [1.54, 1.807) is 0 Å². The molecule has 0 unspecified atom stereocenters. The molecule has 0 aromatic rings. The Hall–Kier alpha value is -0.0800. The van der Waals surface area contributed by atoms with Gasteiger partial charge in [0.25, 0.3) is 0 Å². The maximum atomic E-state index is 5.75. The van der Waals surface area contributed by atoms with Gasteiger partial charge in [-0.2, -0.15) is 0 Å². The van der Waals surface area contributed by atoms with Crippen molar-refractivity contribution in [3.63, 3.8) is 0 Å². The Morgan fingerprint density at radius 3 is 2.11 bits per heavy atom. The summed E-state index contributed by atoms with van der Waals surface area (Å²) in [7, 11) is 0. The third-order valence-electron chi connectivity index (χ3n) is 5.53. The van der Waals surface area contributed by atoms with Crippen LogP contribution in [0, 0.1) is 5.92 Å². The molecule has 0 amide bonds. The second kappa shape index (κ2) is 8.26. The molecule has 2 fully saturated rings. The van der Waals surface area contributed by atoms with E-state index in [1.165, 1.54) is 77.2 Å². The highest BCUT2D eigenvalue weighted by molar-refractivity contribution is 4.85. The Morgan fingerprint density at radius 1 is 0.895 bits per heavy atom. The smallest absolute Gasteiger partial charge is 0.00984 e. The summed E-state index contributed by atoms with van der Waals surface area (Å²) in [5.74, 6) is 1.01. The summed E-state index contributed by atoms with van der Waals surface area (Å²) >= 11 is 0. The topological polar surface area (TPSA) is 29.3 Å². The van der Waals surface area contributed by atoms with Gasteiger partial charge in [0.15, 0.2) is 0 Å². The fourth-order valence-corrected chi connectivity index (χ4v) is 4.23.